The van der Waals surface area contributed by atoms with Gasteiger partial charge in [0.25, 0.3) is 0 Å². The van der Waals surface area contributed by atoms with E-state index in [0.717, 1.165) is 16.8 Å². The van der Waals surface area contributed by atoms with E-state index in [1.54, 1.807) is 12.1 Å². The van der Waals surface area contributed by atoms with Gasteiger partial charge in [0.05, 0.1) is 5.69 Å². The van der Waals surface area contributed by atoms with Crippen LogP contribution in [0.1, 0.15) is 74.9 Å². The summed E-state index contributed by atoms with van der Waals surface area (Å²) in [7, 11) is -1.50. The topological polar surface area (TPSA) is 53.4 Å². The average molecular weight is 363 g/mol. The lowest BCUT2D eigenvalue weighted by Gasteiger charge is -2.31. The summed E-state index contributed by atoms with van der Waals surface area (Å²) in [5, 5.41) is 18.5. The van der Waals surface area contributed by atoms with Crippen LogP contribution in [0, 0.1) is 6.92 Å². The lowest BCUT2D eigenvalue weighted by molar-refractivity contribution is 0.425. The average Bonchev–Trinajstić information content (AvgIpc) is 2.68. The van der Waals surface area contributed by atoms with Crippen molar-refractivity contribution < 1.29 is 10.0 Å². The largest absolute Gasteiger partial charge is 0.490 e. The molecule has 2 N–H and O–H groups in total. The first-order valence-corrected chi connectivity index (χ1v) is 9.70. The molecule has 2 aromatic rings. The van der Waals surface area contributed by atoms with Gasteiger partial charge in [0.15, 0.2) is 0 Å². The van der Waals surface area contributed by atoms with Gasteiger partial charge in [-0.3, -0.25) is 4.98 Å². The van der Waals surface area contributed by atoms with E-state index < -0.39 is 7.12 Å². The van der Waals surface area contributed by atoms with Gasteiger partial charge in [0.2, 0.25) is 0 Å². The van der Waals surface area contributed by atoms with Crippen molar-refractivity contribution in [2.45, 2.75) is 64.7 Å². The first-order valence-electron chi connectivity index (χ1n) is 9.70. The van der Waals surface area contributed by atoms with Crippen LogP contribution in [-0.4, -0.2) is 22.2 Å². The second-order valence-corrected chi connectivity index (χ2v) is 9.16. The third-order valence-electron chi connectivity index (χ3n) is 6.15. The minimum absolute atomic E-state index is 0.129. The number of nitrogens with zero attached hydrogens (tertiary/aromatic N) is 1. The SMILES string of the molecule is C=C(c1ccc(B(O)O)cn1)c1cc2c(cc1C)C(C)(C)CCCC2(C)C. The van der Waals surface area contributed by atoms with E-state index in [1.807, 2.05) is 0 Å². The molecule has 0 fully saturated rings. The molecule has 1 aliphatic rings. The number of fused-ring (bicyclic) bond motifs is 1. The monoisotopic (exact) mass is 363 g/mol. The molecule has 0 amide bonds. The fourth-order valence-corrected chi connectivity index (χ4v) is 4.27. The van der Waals surface area contributed by atoms with Gasteiger partial charge in [-0.2, -0.15) is 0 Å². The van der Waals surface area contributed by atoms with E-state index in [9.17, 15) is 10.0 Å². The summed E-state index contributed by atoms with van der Waals surface area (Å²) in [5.74, 6) is 0. The fraction of sp³-hybridized carbons (Fsp3) is 0.435. The molecule has 0 saturated heterocycles. The van der Waals surface area contributed by atoms with E-state index >= 15 is 0 Å². The lowest BCUT2D eigenvalue weighted by Crippen LogP contribution is -2.30. The molecule has 1 aromatic carbocycles. The molecular weight excluding hydrogens is 333 g/mol. The summed E-state index contributed by atoms with van der Waals surface area (Å²) in [5.41, 5.74) is 7.49. The van der Waals surface area contributed by atoms with Crippen molar-refractivity contribution >= 4 is 18.2 Å². The quantitative estimate of drug-likeness (QED) is 0.643. The Morgan fingerprint density at radius 1 is 1.04 bits per heavy atom. The van der Waals surface area contributed by atoms with Crippen LogP contribution in [0.4, 0.5) is 0 Å². The molecule has 0 radical (unpaired) electrons. The molecule has 1 aliphatic carbocycles. The predicted octanol–water partition coefficient (Wildman–Crippen LogP) is 3.87. The Kier molecular flexibility index (Phi) is 5.09. The van der Waals surface area contributed by atoms with Crippen LogP contribution in [0.3, 0.4) is 0 Å². The summed E-state index contributed by atoms with van der Waals surface area (Å²) >= 11 is 0. The molecule has 0 aliphatic heterocycles. The van der Waals surface area contributed by atoms with Crippen molar-refractivity contribution in [3.05, 3.63) is 65.0 Å². The molecule has 0 unspecified atom stereocenters. The van der Waals surface area contributed by atoms with Gasteiger partial charge in [0, 0.05) is 17.2 Å². The van der Waals surface area contributed by atoms with E-state index in [0.29, 0.717) is 5.46 Å². The first kappa shape index (κ1) is 19.8. The lowest BCUT2D eigenvalue weighted by atomic mass is 9.73. The highest BCUT2D eigenvalue weighted by molar-refractivity contribution is 6.58. The molecule has 0 bridgehead atoms. The molecule has 1 heterocycles. The molecule has 4 heteroatoms. The fourth-order valence-electron chi connectivity index (χ4n) is 4.27. The molecule has 1 aromatic heterocycles. The summed E-state index contributed by atoms with van der Waals surface area (Å²) in [6, 6.07) is 8.15. The van der Waals surface area contributed by atoms with Crippen LogP contribution in [0.2, 0.25) is 0 Å². The van der Waals surface area contributed by atoms with Crippen molar-refractivity contribution in [1.29, 1.82) is 0 Å². The van der Waals surface area contributed by atoms with E-state index in [-0.39, 0.29) is 10.8 Å². The third-order valence-corrected chi connectivity index (χ3v) is 6.15. The summed E-state index contributed by atoms with van der Waals surface area (Å²) < 4.78 is 0. The number of pyridine rings is 1. The zero-order chi connectivity index (χ0) is 20.0. The van der Waals surface area contributed by atoms with Crippen molar-refractivity contribution in [2.24, 2.45) is 0 Å². The molecule has 0 atom stereocenters. The summed E-state index contributed by atoms with van der Waals surface area (Å²) in [6.07, 6.45) is 5.11. The Labute approximate surface area is 163 Å². The summed E-state index contributed by atoms with van der Waals surface area (Å²) in [6.45, 7) is 15.8. The highest BCUT2D eigenvalue weighted by atomic mass is 16.4. The first-order chi connectivity index (χ1) is 12.5. The molecule has 27 heavy (non-hydrogen) atoms. The van der Waals surface area contributed by atoms with Crippen molar-refractivity contribution in [1.82, 2.24) is 4.98 Å². The molecule has 142 valence electrons. The number of aryl methyl sites for hydroxylation is 1. The van der Waals surface area contributed by atoms with Gasteiger partial charge in [-0.1, -0.05) is 52.8 Å². The van der Waals surface area contributed by atoms with Gasteiger partial charge >= 0.3 is 7.12 Å². The number of rotatable bonds is 3. The normalized spacial score (nSPS) is 17.7. The Balaban J connectivity index is 2.09. The minimum atomic E-state index is -1.50. The zero-order valence-electron chi connectivity index (χ0n) is 17.1. The predicted molar refractivity (Wildman–Crippen MR) is 113 cm³/mol. The Morgan fingerprint density at radius 2 is 1.63 bits per heavy atom. The molecule has 3 rings (SSSR count). The highest BCUT2D eigenvalue weighted by Gasteiger charge is 2.35. The Bertz CT molecular complexity index is 867. The Hall–Kier alpha value is -1.91. The maximum Gasteiger partial charge on any atom is 0.490 e. The maximum absolute atomic E-state index is 9.27. The molecule has 0 spiro atoms. The van der Waals surface area contributed by atoms with Gasteiger partial charge in [0.1, 0.15) is 0 Å². The van der Waals surface area contributed by atoms with Gasteiger partial charge in [-0.05, 0) is 65.0 Å². The number of hydrogen-bond acceptors (Lipinski definition) is 3. The van der Waals surface area contributed by atoms with Gasteiger partial charge in [-0.25, -0.2) is 0 Å². The smallest absolute Gasteiger partial charge is 0.423 e. The second-order valence-electron chi connectivity index (χ2n) is 9.16. The number of aromatic nitrogens is 1. The third kappa shape index (κ3) is 3.74. The van der Waals surface area contributed by atoms with E-state index in [1.165, 1.54) is 42.1 Å². The highest BCUT2D eigenvalue weighted by Crippen LogP contribution is 2.45. The number of hydrogen-bond donors (Lipinski definition) is 2. The van der Waals surface area contributed by atoms with Gasteiger partial charge in [-0.15, -0.1) is 0 Å². The van der Waals surface area contributed by atoms with E-state index in [2.05, 4.69) is 58.3 Å². The second kappa shape index (κ2) is 6.92. The van der Waals surface area contributed by atoms with Crippen molar-refractivity contribution in [3.8, 4) is 0 Å². The van der Waals surface area contributed by atoms with Crippen LogP contribution < -0.4 is 5.46 Å². The minimum Gasteiger partial charge on any atom is -0.423 e. The molecular formula is C23H30BNO2. The maximum atomic E-state index is 9.27. The molecule has 0 saturated carbocycles. The Morgan fingerprint density at radius 3 is 2.15 bits per heavy atom. The summed E-state index contributed by atoms with van der Waals surface area (Å²) in [4.78, 5) is 4.39. The van der Waals surface area contributed by atoms with Crippen LogP contribution in [-0.2, 0) is 10.8 Å². The van der Waals surface area contributed by atoms with Gasteiger partial charge < -0.3 is 10.0 Å². The van der Waals surface area contributed by atoms with Crippen molar-refractivity contribution in [3.63, 3.8) is 0 Å². The van der Waals surface area contributed by atoms with Crippen molar-refractivity contribution in [2.75, 3.05) is 0 Å². The van der Waals surface area contributed by atoms with Crippen LogP contribution in [0.5, 0.6) is 0 Å². The van der Waals surface area contributed by atoms with Crippen LogP contribution in [0.15, 0.2) is 37.0 Å². The van der Waals surface area contributed by atoms with Crippen LogP contribution in [0.25, 0.3) is 5.57 Å². The zero-order valence-corrected chi connectivity index (χ0v) is 17.1. The van der Waals surface area contributed by atoms with Crippen LogP contribution >= 0.6 is 0 Å². The standard InChI is InChI=1S/C23H30BNO2/c1-15-12-19-20(23(5,6)11-7-10-22(19,3)4)13-18(15)16(2)21-9-8-17(14-25-21)24(26)27/h8-9,12-14,26-27H,2,7,10-11H2,1,3-6H3. The van der Waals surface area contributed by atoms with E-state index in [4.69, 9.17) is 0 Å². The molecule has 3 nitrogen and oxygen atoms in total. The number of benzene rings is 1.